The van der Waals surface area contributed by atoms with Gasteiger partial charge in [0.25, 0.3) is 0 Å². The normalized spacial score (nSPS) is 8.00. The molecule has 0 atom stereocenters. The summed E-state index contributed by atoms with van der Waals surface area (Å²) in [6.07, 6.45) is 2.28. The van der Waals surface area contributed by atoms with Crippen molar-refractivity contribution in [2.75, 3.05) is 0 Å². The molecule has 2 nitrogen and oxygen atoms in total. The number of esters is 1. The molecule has 0 aromatic carbocycles. The SMILES string of the molecule is CC(=O)OC#CC(C)C. The van der Waals surface area contributed by atoms with E-state index in [1.54, 1.807) is 0 Å². The largest absolute Gasteiger partial charge is 0.372 e. The van der Waals surface area contributed by atoms with Crippen LogP contribution in [0.2, 0.25) is 0 Å². The van der Waals surface area contributed by atoms with Crippen molar-refractivity contribution in [2.45, 2.75) is 20.8 Å². The number of hydrogen-bond donors (Lipinski definition) is 0. The van der Waals surface area contributed by atoms with Crippen molar-refractivity contribution in [3.63, 3.8) is 0 Å². The molecule has 0 saturated heterocycles. The quantitative estimate of drug-likeness (QED) is 0.359. The highest BCUT2D eigenvalue weighted by molar-refractivity contribution is 5.67. The number of carbonyl (C=O) groups excluding carboxylic acids is 1. The maximum atomic E-state index is 10.1. The van der Waals surface area contributed by atoms with E-state index in [1.165, 1.54) is 6.92 Å². The molecule has 0 spiro atoms. The van der Waals surface area contributed by atoms with Crippen LogP contribution in [0.3, 0.4) is 0 Å². The first kappa shape index (κ1) is 8.03. The van der Waals surface area contributed by atoms with E-state index in [2.05, 4.69) is 16.8 Å². The molecule has 50 valence electrons. The molecule has 9 heavy (non-hydrogen) atoms. The number of carbonyl (C=O) groups is 1. The van der Waals surface area contributed by atoms with Crippen molar-refractivity contribution >= 4 is 5.97 Å². The van der Waals surface area contributed by atoms with Gasteiger partial charge in [-0.3, -0.25) is 4.79 Å². The van der Waals surface area contributed by atoms with Gasteiger partial charge in [-0.2, -0.15) is 0 Å². The zero-order valence-electron chi connectivity index (χ0n) is 5.89. The third kappa shape index (κ3) is 7.03. The molecule has 0 aromatic rings. The minimum Gasteiger partial charge on any atom is -0.372 e. The summed E-state index contributed by atoms with van der Waals surface area (Å²) in [6.45, 7) is 5.18. The van der Waals surface area contributed by atoms with Crippen LogP contribution in [0.15, 0.2) is 0 Å². The van der Waals surface area contributed by atoms with Gasteiger partial charge in [-0.25, -0.2) is 0 Å². The summed E-state index contributed by atoms with van der Waals surface area (Å²) in [7, 11) is 0. The van der Waals surface area contributed by atoms with E-state index < -0.39 is 0 Å². The molecular formula is C7H10O2. The van der Waals surface area contributed by atoms with E-state index in [4.69, 9.17) is 0 Å². The Hall–Kier alpha value is -0.970. The Morgan fingerprint density at radius 2 is 2.11 bits per heavy atom. The second kappa shape index (κ2) is 3.96. The fraction of sp³-hybridized carbons (Fsp3) is 0.571. The maximum absolute atomic E-state index is 10.1. The third-order valence-corrected chi connectivity index (χ3v) is 0.542. The van der Waals surface area contributed by atoms with Gasteiger partial charge in [-0.05, 0) is 0 Å². The summed E-state index contributed by atoms with van der Waals surface area (Å²) >= 11 is 0. The smallest absolute Gasteiger partial charge is 0.316 e. The fourth-order valence-electron chi connectivity index (χ4n) is 0.219. The lowest BCUT2D eigenvalue weighted by Crippen LogP contribution is -1.90. The Morgan fingerprint density at radius 1 is 1.56 bits per heavy atom. The lowest BCUT2D eigenvalue weighted by molar-refractivity contribution is -0.134. The predicted octanol–water partition coefficient (Wildman–Crippen LogP) is 1.17. The first-order valence-corrected chi connectivity index (χ1v) is 2.81. The van der Waals surface area contributed by atoms with Crippen LogP contribution in [0.4, 0.5) is 0 Å². The van der Waals surface area contributed by atoms with Crippen molar-refractivity contribution in [1.82, 2.24) is 0 Å². The number of ether oxygens (including phenoxy) is 1. The molecule has 0 heterocycles. The topological polar surface area (TPSA) is 26.3 Å². The summed E-state index contributed by atoms with van der Waals surface area (Å²) in [6, 6.07) is 0. The van der Waals surface area contributed by atoms with Gasteiger partial charge in [-0.15, -0.1) is 0 Å². The third-order valence-electron chi connectivity index (χ3n) is 0.542. The van der Waals surface area contributed by atoms with Gasteiger partial charge in [0.2, 0.25) is 0 Å². The predicted molar refractivity (Wildman–Crippen MR) is 34.4 cm³/mol. The number of rotatable bonds is 0. The highest BCUT2D eigenvalue weighted by Crippen LogP contribution is 1.85. The summed E-state index contributed by atoms with van der Waals surface area (Å²) in [5, 5.41) is 0. The summed E-state index contributed by atoms with van der Waals surface area (Å²) in [4.78, 5) is 10.1. The molecule has 0 rings (SSSR count). The van der Waals surface area contributed by atoms with Gasteiger partial charge in [0.15, 0.2) is 0 Å². The Bertz CT molecular complexity index is 148. The van der Waals surface area contributed by atoms with E-state index in [0.29, 0.717) is 0 Å². The molecule has 0 fully saturated rings. The van der Waals surface area contributed by atoms with E-state index in [9.17, 15) is 4.79 Å². The van der Waals surface area contributed by atoms with E-state index in [-0.39, 0.29) is 11.9 Å². The van der Waals surface area contributed by atoms with Crippen LogP contribution in [0.1, 0.15) is 20.8 Å². The van der Waals surface area contributed by atoms with Gasteiger partial charge >= 0.3 is 5.97 Å². The minimum absolute atomic E-state index is 0.254. The van der Waals surface area contributed by atoms with Crippen LogP contribution in [0.25, 0.3) is 0 Å². The molecule has 0 aromatic heterocycles. The Labute approximate surface area is 55.2 Å². The highest BCUT2D eigenvalue weighted by Gasteiger charge is 1.85. The standard InChI is InChI=1S/C7H10O2/c1-6(2)4-5-9-7(3)8/h6H,1-3H3. The molecule has 0 radical (unpaired) electrons. The lowest BCUT2D eigenvalue weighted by atomic mass is 10.2. The van der Waals surface area contributed by atoms with Crippen molar-refractivity contribution in [1.29, 1.82) is 0 Å². The van der Waals surface area contributed by atoms with Gasteiger partial charge in [0.05, 0.1) is 0 Å². The van der Waals surface area contributed by atoms with Crippen molar-refractivity contribution in [2.24, 2.45) is 5.92 Å². The van der Waals surface area contributed by atoms with Crippen LogP contribution in [0, 0.1) is 17.9 Å². The molecule has 0 aliphatic rings. The Balaban J connectivity index is 3.50. The second-order valence-electron chi connectivity index (χ2n) is 1.99. The summed E-state index contributed by atoms with van der Waals surface area (Å²) < 4.78 is 4.35. The molecule has 0 saturated carbocycles. The van der Waals surface area contributed by atoms with Crippen molar-refractivity contribution < 1.29 is 9.53 Å². The first-order chi connectivity index (χ1) is 4.13. The average Bonchev–Trinajstić information content (AvgIpc) is 1.63. The monoisotopic (exact) mass is 126 g/mol. The Morgan fingerprint density at radius 3 is 2.44 bits per heavy atom. The van der Waals surface area contributed by atoms with E-state index in [1.807, 2.05) is 13.8 Å². The molecule has 0 amide bonds. The zero-order chi connectivity index (χ0) is 7.28. The first-order valence-electron chi connectivity index (χ1n) is 2.81. The van der Waals surface area contributed by atoms with E-state index >= 15 is 0 Å². The summed E-state index contributed by atoms with van der Waals surface area (Å²) in [5.74, 6) is 2.58. The average molecular weight is 126 g/mol. The second-order valence-corrected chi connectivity index (χ2v) is 1.99. The van der Waals surface area contributed by atoms with Crippen molar-refractivity contribution in [3.05, 3.63) is 0 Å². The Kier molecular flexibility index (Phi) is 3.54. The molecule has 0 unspecified atom stereocenters. The molecule has 0 N–H and O–H groups in total. The van der Waals surface area contributed by atoms with Gasteiger partial charge in [0, 0.05) is 12.8 Å². The van der Waals surface area contributed by atoms with Gasteiger partial charge < -0.3 is 4.74 Å². The van der Waals surface area contributed by atoms with Crippen LogP contribution in [-0.2, 0) is 9.53 Å². The lowest BCUT2D eigenvalue weighted by Gasteiger charge is -1.86. The minimum atomic E-state index is -0.358. The molecule has 0 aliphatic heterocycles. The molecular weight excluding hydrogens is 116 g/mol. The van der Waals surface area contributed by atoms with E-state index in [0.717, 1.165) is 0 Å². The van der Waals surface area contributed by atoms with Crippen LogP contribution >= 0.6 is 0 Å². The van der Waals surface area contributed by atoms with Crippen LogP contribution < -0.4 is 0 Å². The summed E-state index contributed by atoms with van der Waals surface area (Å²) in [5.41, 5.74) is 0. The van der Waals surface area contributed by atoms with Crippen LogP contribution in [-0.4, -0.2) is 5.97 Å². The molecule has 2 heteroatoms. The maximum Gasteiger partial charge on any atom is 0.316 e. The molecule has 0 bridgehead atoms. The fourth-order valence-corrected chi connectivity index (χ4v) is 0.219. The molecule has 0 aliphatic carbocycles. The van der Waals surface area contributed by atoms with Gasteiger partial charge in [0.1, 0.15) is 6.11 Å². The van der Waals surface area contributed by atoms with Crippen LogP contribution in [0.5, 0.6) is 0 Å². The zero-order valence-corrected chi connectivity index (χ0v) is 5.89. The number of hydrogen-bond acceptors (Lipinski definition) is 2. The van der Waals surface area contributed by atoms with Gasteiger partial charge in [-0.1, -0.05) is 19.8 Å². The van der Waals surface area contributed by atoms with Crippen molar-refractivity contribution in [3.8, 4) is 12.0 Å². The highest BCUT2D eigenvalue weighted by atomic mass is 16.5.